The summed E-state index contributed by atoms with van der Waals surface area (Å²) in [4.78, 5) is 24.1. The van der Waals surface area contributed by atoms with Crippen LogP contribution in [0.4, 0.5) is 0 Å². The van der Waals surface area contributed by atoms with Crippen molar-refractivity contribution in [3.05, 3.63) is 59.8 Å². The number of fused-ring (bicyclic) bond motifs is 1. The number of aromatic nitrogens is 1. The minimum absolute atomic E-state index is 0.0177. The number of carbonyl (C=O) groups excluding carboxylic acids is 1. The van der Waals surface area contributed by atoms with Crippen molar-refractivity contribution in [2.75, 3.05) is 7.11 Å². The first kappa shape index (κ1) is 18.4. The van der Waals surface area contributed by atoms with Crippen molar-refractivity contribution in [1.82, 2.24) is 10.5 Å². The summed E-state index contributed by atoms with van der Waals surface area (Å²) in [6.45, 7) is 1.68. The van der Waals surface area contributed by atoms with E-state index in [1.54, 1.807) is 37.3 Å². The van der Waals surface area contributed by atoms with Crippen LogP contribution < -0.4 is 10.1 Å². The van der Waals surface area contributed by atoms with Crippen molar-refractivity contribution in [1.29, 1.82) is 0 Å². The summed E-state index contributed by atoms with van der Waals surface area (Å²) in [6.07, 6.45) is -0.290. The van der Waals surface area contributed by atoms with Crippen LogP contribution in [0.1, 0.15) is 24.6 Å². The van der Waals surface area contributed by atoms with Gasteiger partial charge in [0.2, 0.25) is 5.91 Å². The number of carboxylic acids is 1. The maximum absolute atomic E-state index is 12.7. The molecule has 0 fully saturated rings. The van der Waals surface area contributed by atoms with Gasteiger partial charge in [0.15, 0.2) is 5.58 Å². The van der Waals surface area contributed by atoms with Crippen LogP contribution in [0.3, 0.4) is 0 Å². The highest BCUT2D eigenvalue weighted by Gasteiger charge is 2.32. The summed E-state index contributed by atoms with van der Waals surface area (Å²) < 4.78 is 10.4. The highest BCUT2D eigenvalue weighted by Crippen LogP contribution is 2.28. The molecule has 3 rings (SSSR count). The number of methoxy groups -OCH3 is 1. The number of rotatable bonds is 7. The number of hydrogen-bond donors (Lipinski definition) is 2. The third-order valence-electron chi connectivity index (χ3n) is 4.41. The van der Waals surface area contributed by atoms with Crippen LogP contribution in [-0.2, 0) is 21.5 Å². The van der Waals surface area contributed by atoms with E-state index < -0.39 is 11.5 Å². The van der Waals surface area contributed by atoms with E-state index in [-0.39, 0.29) is 18.7 Å². The Bertz CT molecular complexity index is 981. The molecule has 2 N–H and O–H groups in total. The topological polar surface area (TPSA) is 102 Å². The van der Waals surface area contributed by atoms with Gasteiger partial charge in [-0.3, -0.25) is 9.59 Å². The predicted octanol–water partition coefficient (Wildman–Crippen LogP) is 2.89. The molecule has 1 atom stereocenters. The number of hydrogen-bond acceptors (Lipinski definition) is 5. The number of nitrogens with one attached hydrogen (secondary N) is 1. The average Bonchev–Trinajstić information content (AvgIpc) is 3.04. The van der Waals surface area contributed by atoms with Crippen molar-refractivity contribution in [3.8, 4) is 5.75 Å². The number of carbonyl (C=O) groups is 2. The van der Waals surface area contributed by atoms with E-state index in [4.69, 9.17) is 9.26 Å². The van der Waals surface area contributed by atoms with E-state index >= 15 is 0 Å². The van der Waals surface area contributed by atoms with Crippen LogP contribution in [0, 0.1) is 0 Å². The predicted molar refractivity (Wildman–Crippen MR) is 98.5 cm³/mol. The Morgan fingerprint density at radius 1 is 1.22 bits per heavy atom. The SMILES string of the molecule is COc1cccc(C(C)(CC(=O)O)NC(=O)Cc2noc3ccccc23)c1. The molecule has 0 spiro atoms. The van der Waals surface area contributed by atoms with E-state index in [1.807, 2.05) is 18.2 Å². The lowest BCUT2D eigenvalue weighted by Gasteiger charge is -2.30. The lowest BCUT2D eigenvalue weighted by molar-refractivity contribution is -0.139. The number of benzene rings is 2. The molecular formula is C20H20N2O5. The van der Waals surface area contributed by atoms with Gasteiger partial charge in [-0.15, -0.1) is 0 Å². The smallest absolute Gasteiger partial charge is 0.306 e. The summed E-state index contributed by atoms with van der Waals surface area (Å²) in [5.41, 5.74) is 0.646. The highest BCUT2D eigenvalue weighted by molar-refractivity contribution is 5.87. The van der Waals surface area contributed by atoms with Gasteiger partial charge < -0.3 is 19.7 Å². The lowest BCUT2D eigenvalue weighted by atomic mass is 9.88. The van der Waals surface area contributed by atoms with Crippen molar-refractivity contribution in [2.45, 2.75) is 25.3 Å². The number of amides is 1. The molecule has 0 saturated heterocycles. The Labute approximate surface area is 155 Å². The number of aliphatic carboxylic acids is 1. The molecule has 1 amide bonds. The number of carboxylic acid groups (broad SMARTS) is 1. The van der Waals surface area contributed by atoms with E-state index in [1.165, 1.54) is 7.11 Å². The van der Waals surface area contributed by atoms with Crippen molar-refractivity contribution in [3.63, 3.8) is 0 Å². The quantitative estimate of drug-likeness (QED) is 0.665. The van der Waals surface area contributed by atoms with Crippen LogP contribution in [0.25, 0.3) is 11.0 Å². The minimum Gasteiger partial charge on any atom is -0.497 e. The zero-order chi connectivity index (χ0) is 19.4. The zero-order valence-corrected chi connectivity index (χ0v) is 15.1. The van der Waals surface area contributed by atoms with Gasteiger partial charge in [0.1, 0.15) is 11.4 Å². The largest absolute Gasteiger partial charge is 0.497 e. The first-order valence-corrected chi connectivity index (χ1v) is 8.42. The number of nitrogens with zero attached hydrogens (tertiary/aromatic N) is 1. The molecule has 140 valence electrons. The fraction of sp³-hybridized carbons (Fsp3) is 0.250. The molecule has 0 aliphatic carbocycles. The minimum atomic E-state index is -1.10. The second kappa shape index (κ2) is 7.49. The van der Waals surface area contributed by atoms with Crippen LogP contribution >= 0.6 is 0 Å². The molecule has 0 saturated carbocycles. The Morgan fingerprint density at radius 2 is 2.00 bits per heavy atom. The maximum Gasteiger partial charge on any atom is 0.306 e. The van der Waals surface area contributed by atoms with E-state index in [0.29, 0.717) is 22.6 Å². The summed E-state index contributed by atoms with van der Waals surface area (Å²) in [7, 11) is 1.53. The fourth-order valence-corrected chi connectivity index (χ4v) is 3.06. The molecule has 0 aliphatic rings. The summed E-state index contributed by atoms with van der Waals surface area (Å²) in [5.74, 6) is -0.783. The zero-order valence-electron chi connectivity index (χ0n) is 15.1. The van der Waals surface area contributed by atoms with Gasteiger partial charge in [-0.1, -0.05) is 29.4 Å². The van der Waals surface area contributed by atoms with Crippen molar-refractivity contribution < 1.29 is 24.0 Å². The fourth-order valence-electron chi connectivity index (χ4n) is 3.06. The van der Waals surface area contributed by atoms with Gasteiger partial charge in [0, 0.05) is 5.39 Å². The Morgan fingerprint density at radius 3 is 2.74 bits per heavy atom. The summed E-state index contributed by atoms with van der Waals surface area (Å²) >= 11 is 0. The molecule has 0 aliphatic heterocycles. The molecule has 7 nitrogen and oxygen atoms in total. The molecular weight excluding hydrogens is 348 g/mol. The number of para-hydroxylation sites is 1. The molecule has 27 heavy (non-hydrogen) atoms. The van der Waals surface area contributed by atoms with Gasteiger partial charge in [0.25, 0.3) is 0 Å². The van der Waals surface area contributed by atoms with Gasteiger partial charge in [-0.05, 0) is 36.8 Å². The number of ether oxygens (including phenoxy) is 1. The van der Waals surface area contributed by atoms with Crippen molar-refractivity contribution in [2.24, 2.45) is 0 Å². The van der Waals surface area contributed by atoms with Crippen LogP contribution in [0.2, 0.25) is 0 Å². The lowest BCUT2D eigenvalue weighted by Crippen LogP contribution is -2.45. The maximum atomic E-state index is 12.7. The second-order valence-corrected chi connectivity index (χ2v) is 6.48. The normalized spacial score (nSPS) is 13.1. The first-order chi connectivity index (χ1) is 12.9. The van der Waals surface area contributed by atoms with Gasteiger partial charge >= 0.3 is 5.97 Å². The molecule has 1 heterocycles. The van der Waals surface area contributed by atoms with Crippen molar-refractivity contribution >= 4 is 22.8 Å². The Balaban J connectivity index is 1.85. The average molecular weight is 368 g/mol. The van der Waals surface area contributed by atoms with E-state index in [2.05, 4.69) is 10.5 Å². The standard InChI is InChI=1S/C20H20N2O5/c1-20(12-19(24)25,13-6-5-7-14(10-13)26-2)21-18(23)11-16-15-8-3-4-9-17(15)27-22-16/h3-10H,11-12H2,1-2H3,(H,21,23)(H,24,25). The highest BCUT2D eigenvalue weighted by atomic mass is 16.5. The van der Waals surface area contributed by atoms with Gasteiger partial charge in [0.05, 0.1) is 25.5 Å². The van der Waals surface area contributed by atoms with E-state index in [9.17, 15) is 14.7 Å². The third kappa shape index (κ3) is 4.08. The van der Waals surface area contributed by atoms with E-state index in [0.717, 1.165) is 5.39 Å². The van der Waals surface area contributed by atoms with Crippen LogP contribution in [0.15, 0.2) is 53.1 Å². The molecule has 3 aromatic rings. The Kier molecular flexibility index (Phi) is 5.12. The summed E-state index contributed by atoms with van der Waals surface area (Å²) in [5, 5.41) is 16.9. The second-order valence-electron chi connectivity index (χ2n) is 6.48. The molecule has 7 heteroatoms. The Hall–Kier alpha value is -3.35. The monoisotopic (exact) mass is 368 g/mol. The summed E-state index contributed by atoms with van der Waals surface area (Å²) in [6, 6.07) is 14.3. The van der Waals surface area contributed by atoms with Gasteiger partial charge in [-0.25, -0.2) is 0 Å². The molecule has 0 radical (unpaired) electrons. The van der Waals surface area contributed by atoms with Gasteiger partial charge in [-0.2, -0.15) is 0 Å². The molecule has 1 unspecified atom stereocenters. The van der Waals surface area contributed by atoms with Crippen LogP contribution in [-0.4, -0.2) is 29.2 Å². The molecule has 0 bridgehead atoms. The molecule has 2 aromatic carbocycles. The van der Waals surface area contributed by atoms with Crippen LogP contribution in [0.5, 0.6) is 5.75 Å². The third-order valence-corrected chi connectivity index (χ3v) is 4.41. The molecule has 1 aromatic heterocycles. The first-order valence-electron chi connectivity index (χ1n) is 8.42.